The molecule has 2 aliphatic rings. The Kier molecular flexibility index (Phi) is 6.85. The SMILES string of the molecule is N#Cc1cc(F)ccc1N1CCC(CNC(=O)CCC(=O)N2CCCC2)CC1. The summed E-state index contributed by atoms with van der Waals surface area (Å²) in [6.07, 6.45) is 4.44. The molecule has 2 saturated heterocycles. The Balaban J connectivity index is 1.38. The molecule has 2 aliphatic heterocycles. The van der Waals surface area contributed by atoms with Crippen LogP contribution in [0.5, 0.6) is 0 Å². The molecule has 7 heteroatoms. The minimum atomic E-state index is -0.402. The van der Waals surface area contributed by atoms with Gasteiger partial charge in [0.25, 0.3) is 0 Å². The van der Waals surface area contributed by atoms with Crippen LogP contribution in [0.2, 0.25) is 0 Å². The van der Waals surface area contributed by atoms with E-state index in [2.05, 4.69) is 16.3 Å². The van der Waals surface area contributed by atoms with Crippen LogP contribution < -0.4 is 10.2 Å². The average molecular weight is 386 g/mol. The highest BCUT2D eigenvalue weighted by Gasteiger charge is 2.22. The van der Waals surface area contributed by atoms with Gasteiger partial charge in [-0.25, -0.2) is 4.39 Å². The number of nitriles is 1. The number of piperidine rings is 1. The lowest BCUT2D eigenvalue weighted by atomic mass is 9.95. The third-order valence-corrected chi connectivity index (χ3v) is 5.65. The number of benzene rings is 1. The lowest BCUT2D eigenvalue weighted by molar-refractivity contribution is -0.132. The molecule has 0 aromatic heterocycles. The topological polar surface area (TPSA) is 76.4 Å². The number of carbonyl (C=O) groups excluding carboxylic acids is 2. The van der Waals surface area contributed by atoms with Crippen LogP contribution in [0.4, 0.5) is 10.1 Å². The zero-order valence-corrected chi connectivity index (χ0v) is 16.1. The zero-order valence-electron chi connectivity index (χ0n) is 16.1. The van der Waals surface area contributed by atoms with Crippen LogP contribution in [0, 0.1) is 23.1 Å². The predicted octanol–water partition coefficient (Wildman–Crippen LogP) is 2.43. The maximum absolute atomic E-state index is 13.3. The van der Waals surface area contributed by atoms with E-state index < -0.39 is 5.82 Å². The third-order valence-electron chi connectivity index (χ3n) is 5.65. The average Bonchev–Trinajstić information content (AvgIpc) is 3.26. The Morgan fingerprint density at radius 3 is 2.54 bits per heavy atom. The number of carbonyl (C=O) groups is 2. The lowest BCUT2D eigenvalue weighted by Gasteiger charge is -2.34. The molecule has 0 saturated carbocycles. The quantitative estimate of drug-likeness (QED) is 0.815. The van der Waals surface area contributed by atoms with Gasteiger partial charge in [-0.15, -0.1) is 0 Å². The monoisotopic (exact) mass is 386 g/mol. The Morgan fingerprint density at radius 2 is 1.86 bits per heavy atom. The number of hydrogen-bond donors (Lipinski definition) is 1. The van der Waals surface area contributed by atoms with Gasteiger partial charge < -0.3 is 15.1 Å². The highest BCUT2D eigenvalue weighted by atomic mass is 19.1. The van der Waals surface area contributed by atoms with Crippen LogP contribution in [-0.4, -0.2) is 49.4 Å². The van der Waals surface area contributed by atoms with Gasteiger partial charge in [-0.05, 0) is 49.8 Å². The Morgan fingerprint density at radius 1 is 1.14 bits per heavy atom. The number of amides is 2. The smallest absolute Gasteiger partial charge is 0.223 e. The lowest BCUT2D eigenvalue weighted by Crippen LogP contribution is -2.39. The first kappa shape index (κ1) is 20.1. The van der Waals surface area contributed by atoms with E-state index in [9.17, 15) is 19.2 Å². The molecule has 0 atom stereocenters. The predicted molar refractivity (Wildman–Crippen MR) is 104 cm³/mol. The van der Waals surface area contributed by atoms with Crippen molar-refractivity contribution in [1.82, 2.24) is 10.2 Å². The number of likely N-dealkylation sites (tertiary alicyclic amines) is 1. The molecule has 1 aromatic carbocycles. The number of anilines is 1. The third kappa shape index (κ3) is 5.22. The van der Waals surface area contributed by atoms with Gasteiger partial charge in [0.2, 0.25) is 11.8 Å². The van der Waals surface area contributed by atoms with Crippen molar-refractivity contribution in [2.75, 3.05) is 37.6 Å². The number of nitrogens with zero attached hydrogens (tertiary/aromatic N) is 3. The fourth-order valence-electron chi connectivity index (χ4n) is 3.94. The molecule has 0 aliphatic carbocycles. The molecule has 0 bridgehead atoms. The van der Waals surface area contributed by atoms with Crippen LogP contribution in [0.1, 0.15) is 44.1 Å². The Labute approximate surface area is 165 Å². The van der Waals surface area contributed by atoms with E-state index in [4.69, 9.17) is 0 Å². The van der Waals surface area contributed by atoms with E-state index in [1.165, 1.54) is 12.1 Å². The van der Waals surface area contributed by atoms with Crippen LogP contribution in [0.15, 0.2) is 18.2 Å². The molecule has 0 spiro atoms. The first-order chi connectivity index (χ1) is 13.6. The summed E-state index contributed by atoms with van der Waals surface area (Å²) in [6.45, 7) is 3.79. The summed E-state index contributed by atoms with van der Waals surface area (Å²) in [4.78, 5) is 28.0. The second-order valence-corrected chi connectivity index (χ2v) is 7.60. The van der Waals surface area contributed by atoms with Gasteiger partial charge in [-0.1, -0.05) is 0 Å². The molecule has 1 N–H and O–H groups in total. The summed E-state index contributed by atoms with van der Waals surface area (Å²) in [5, 5.41) is 12.2. The minimum Gasteiger partial charge on any atom is -0.370 e. The number of rotatable bonds is 6. The normalized spacial score (nSPS) is 17.4. The van der Waals surface area contributed by atoms with Gasteiger partial charge in [0.1, 0.15) is 11.9 Å². The second-order valence-electron chi connectivity index (χ2n) is 7.60. The Bertz CT molecular complexity index is 747. The summed E-state index contributed by atoms with van der Waals surface area (Å²) in [5.74, 6) is -0.0181. The van der Waals surface area contributed by atoms with Crippen molar-refractivity contribution < 1.29 is 14.0 Å². The molecule has 3 rings (SSSR count). The van der Waals surface area contributed by atoms with Gasteiger partial charge in [0.15, 0.2) is 0 Å². The maximum Gasteiger partial charge on any atom is 0.223 e. The fourth-order valence-corrected chi connectivity index (χ4v) is 3.94. The van der Waals surface area contributed by atoms with Crippen LogP contribution >= 0.6 is 0 Å². The molecule has 2 amide bonds. The van der Waals surface area contributed by atoms with Gasteiger partial charge in [0.05, 0.1) is 11.3 Å². The summed E-state index contributed by atoms with van der Waals surface area (Å²) in [7, 11) is 0. The molecule has 0 unspecified atom stereocenters. The van der Waals surface area contributed by atoms with Gasteiger partial charge >= 0.3 is 0 Å². The van der Waals surface area contributed by atoms with E-state index in [1.54, 1.807) is 6.07 Å². The molecule has 2 fully saturated rings. The van der Waals surface area contributed by atoms with Crippen molar-refractivity contribution in [3.05, 3.63) is 29.6 Å². The molecule has 0 radical (unpaired) electrons. The van der Waals surface area contributed by atoms with Gasteiger partial charge in [-0.2, -0.15) is 5.26 Å². The minimum absolute atomic E-state index is 0.0692. The largest absolute Gasteiger partial charge is 0.370 e. The number of nitrogens with one attached hydrogen (secondary N) is 1. The summed E-state index contributed by atoms with van der Waals surface area (Å²) in [6, 6.07) is 6.37. The van der Waals surface area contributed by atoms with Gasteiger partial charge in [0, 0.05) is 45.6 Å². The molecular weight excluding hydrogens is 359 g/mol. The second kappa shape index (κ2) is 9.54. The van der Waals surface area contributed by atoms with E-state index in [0.717, 1.165) is 57.5 Å². The van der Waals surface area contributed by atoms with Crippen molar-refractivity contribution in [1.29, 1.82) is 5.26 Å². The summed E-state index contributed by atoms with van der Waals surface area (Å²) >= 11 is 0. The first-order valence-corrected chi connectivity index (χ1v) is 10.1. The standard InChI is InChI=1S/C21H27FN4O2/c22-18-3-4-19(17(13-18)14-23)25-11-7-16(8-12-25)15-24-20(27)5-6-21(28)26-9-1-2-10-26/h3-4,13,16H,1-2,5-12,15H2,(H,24,27). The summed E-state index contributed by atoms with van der Waals surface area (Å²) in [5.41, 5.74) is 1.13. The van der Waals surface area contributed by atoms with Crippen molar-refractivity contribution in [2.24, 2.45) is 5.92 Å². The number of halogens is 1. The molecule has 6 nitrogen and oxygen atoms in total. The first-order valence-electron chi connectivity index (χ1n) is 10.1. The van der Waals surface area contributed by atoms with Crippen molar-refractivity contribution in [2.45, 2.75) is 38.5 Å². The van der Waals surface area contributed by atoms with Crippen molar-refractivity contribution in [3.63, 3.8) is 0 Å². The molecule has 150 valence electrons. The van der Waals surface area contributed by atoms with E-state index in [-0.39, 0.29) is 24.7 Å². The number of hydrogen-bond acceptors (Lipinski definition) is 4. The van der Waals surface area contributed by atoms with Crippen LogP contribution in [0.3, 0.4) is 0 Å². The highest BCUT2D eigenvalue weighted by molar-refractivity contribution is 5.83. The highest BCUT2D eigenvalue weighted by Crippen LogP contribution is 2.26. The van der Waals surface area contributed by atoms with E-state index >= 15 is 0 Å². The Hall–Kier alpha value is -2.62. The van der Waals surface area contributed by atoms with Crippen molar-refractivity contribution >= 4 is 17.5 Å². The molecule has 28 heavy (non-hydrogen) atoms. The zero-order chi connectivity index (χ0) is 19.9. The van der Waals surface area contributed by atoms with Gasteiger partial charge in [-0.3, -0.25) is 9.59 Å². The molecule has 1 aromatic rings. The fraction of sp³-hybridized carbons (Fsp3) is 0.571. The van der Waals surface area contributed by atoms with E-state index in [1.807, 2.05) is 4.90 Å². The van der Waals surface area contributed by atoms with E-state index in [0.29, 0.717) is 18.0 Å². The van der Waals surface area contributed by atoms with Crippen LogP contribution in [0.25, 0.3) is 0 Å². The van der Waals surface area contributed by atoms with Crippen molar-refractivity contribution in [3.8, 4) is 6.07 Å². The summed E-state index contributed by atoms with van der Waals surface area (Å²) < 4.78 is 13.3. The van der Waals surface area contributed by atoms with Crippen LogP contribution in [-0.2, 0) is 9.59 Å². The molecular formula is C21H27FN4O2. The maximum atomic E-state index is 13.3. The molecule has 2 heterocycles.